The number of hydrogen-bond donors (Lipinski definition) is 2. The fraction of sp³-hybridized carbons (Fsp3) is 0.176. The molecule has 0 aliphatic heterocycles. The SMILES string of the molecule is Cc1cccc(C)c1OCC(=O)N/N=C\c1cc([N+](=O)[O-])cc(Br)c1O. The van der Waals surface area contributed by atoms with Gasteiger partial charge < -0.3 is 9.84 Å². The first-order chi connectivity index (χ1) is 12.3. The van der Waals surface area contributed by atoms with Crippen LogP contribution < -0.4 is 10.2 Å². The molecule has 0 saturated carbocycles. The minimum Gasteiger partial charge on any atom is -0.506 e. The van der Waals surface area contributed by atoms with Gasteiger partial charge in [-0.15, -0.1) is 0 Å². The van der Waals surface area contributed by atoms with E-state index in [1.807, 2.05) is 32.0 Å². The van der Waals surface area contributed by atoms with Crippen LogP contribution in [-0.4, -0.2) is 28.8 Å². The second kappa shape index (κ2) is 8.43. The number of halogens is 1. The quantitative estimate of drug-likeness (QED) is 0.422. The summed E-state index contributed by atoms with van der Waals surface area (Å²) in [7, 11) is 0. The molecule has 0 saturated heterocycles. The number of benzene rings is 2. The Labute approximate surface area is 157 Å². The number of nitro benzene ring substituents is 1. The second-order valence-corrected chi connectivity index (χ2v) is 6.28. The average Bonchev–Trinajstić information content (AvgIpc) is 2.57. The van der Waals surface area contributed by atoms with Crippen LogP contribution in [0.2, 0.25) is 0 Å². The van der Waals surface area contributed by atoms with Gasteiger partial charge in [-0.1, -0.05) is 18.2 Å². The molecule has 0 fully saturated rings. The van der Waals surface area contributed by atoms with E-state index in [9.17, 15) is 20.0 Å². The van der Waals surface area contributed by atoms with Crippen molar-refractivity contribution in [2.75, 3.05) is 6.61 Å². The summed E-state index contributed by atoms with van der Waals surface area (Å²) in [6.07, 6.45) is 1.12. The Kier molecular flexibility index (Phi) is 6.29. The van der Waals surface area contributed by atoms with Crippen LogP contribution in [0.3, 0.4) is 0 Å². The van der Waals surface area contributed by atoms with Crippen LogP contribution in [0.4, 0.5) is 5.69 Å². The molecule has 0 spiro atoms. The topological polar surface area (TPSA) is 114 Å². The van der Waals surface area contributed by atoms with Gasteiger partial charge in [0.25, 0.3) is 11.6 Å². The molecule has 0 aliphatic carbocycles. The third-order valence-electron chi connectivity index (χ3n) is 3.44. The van der Waals surface area contributed by atoms with Crippen LogP contribution in [-0.2, 0) is 4.79 Å². The molecular formula is C17H16BrN3O5. The predicted octanol–water partition coefficient (Wildman–Crippen LogP) is 3.21. The highest BCUT2D eigenvalue weighted by Gasteiger charge is 2.13. The molecular weight excluding hydrogens is 406 g/mol. The van der Waals surface area contributed by atoms with Crippen LogP contribution in [0, 0.1) is 24.0 Å². The zero-order chi connectivity index (χ0) is 19.3. The molecule has 0 unspecified atom stereocenters. The maximum absolute atomic E-state index is 11.8. The summed E-state index contributed by atoms with van der Waals surface area (Å²) in [5.41, 5.74) is 3.93. The summed E-state index contributed by atoms with van der Waals surface area (Å²) in [4.78, 5) is 22.1. The van der Waals surface area contributed by atoms with Crippen molar-refractivity contribution in [1.29, 1.82) is 0 Å². The summed E-state index contributed by atoms with van der Waals surface area (Å²) < 4.78 is 5.64. The van der Waals surface area contributed by atoms with Gasteiger partial charge in [-0.25, -0.2) is 5.43 Å². The van der Waals surface area contributed by atoms with Crippen molar-refractivity contribution in [2.24, 2.45) is 5.10 Å². The summed E-state index contributed by atoms with van der Waals surface area (Å²) in [5.74, 6) is -0.0971. The van der Waals surface area contributed by atoms with Crippen LogP contribution in [0.5, 0.6) is 11.5 Å². The molecule has 0 aromatic heterocycles. The molecule has 1 amide bonds. The number of amides is 1. The Hall–Kier alpha value is -2.94. The lowest BCUT2D eigenvalue weighted by molar-refractivity contribution is -0.385. The minimum atomic E-state index is -0.599. The van der Waals surface area contributed by atoms with Crippen molar-refractivity contribution in [3.63, 3.8) is 0 Å². The number of nitro groups is 1. The minimum absolute atomic E-state index is 0.0852. The van der Waals surface area contributed by atoms with Gasteiger partial charge in [0, 0.05) is 17.7 Å². The number of hydrazone groups is 1. The highest BCUT2D eigenvalue weighted by atomic mass is 79.9. The van der Waals surface area contributed by atoms with Crippen LogP contribution in [0.15, 0.2) is 39.9 Å². The summed E-state index contributed by atoms with van der Waals surface area (Å²) >= 11 is 3.03. The zero-order valence-corrected chi connectivity index (χ0v) is 15.6. The van der Waals surface area contributed by atoms with E-state index in [0.29, 0.717) is 5.75 Å². The molecule has 136 valence electrons. The Balaban J connectivity index is 2.00. The number of ether oxygens (including phenoxy) is 1. The third kappa shape index (κ3) is 4.79. The number of carbonyl (C=O) groups is 1. The standard InChI is InChI=1S/C17H16BrN3O5/c1-10-4-3-5-11(2)17(10)26-9-15(22)20-19-8-12-6-13(21(24)25)7-14(18)16(12)23/h3-8,23H,9H2,1-2H3,(H,20,22)/b19-8-. The number of nitrogens with zero attached hydrogens (tertiary/aromatic N) is 2. The van der Waals surface area contributed by atoms with E-state index in [-0.39, 0.29) is 28.1 Å². The van der Waals surface area contributed by atoms with Gasteiger partial charge in [0.15, 0.2) is 6.61 Å². The van der Waals surface area contributed by atoms with Gasteiger partial charge in [0.2, 0.25) is 0 Å². The Morgan fingerprint density at radius 1 is 1.38 bits per heavy atom. The van der Waals surface area contributed by atoms with Crippen molar-refractivity contribution in [1.82, 2.24) is 5.43 Å². The lowest BCUT2D eigenvalue weighted by atomic mass is 10.1. The molecule has 2 aromatic carbocycles. The van der Waals surface area contributed by atoms with Crippen molar-refractivity contribution < 1.29 is 19.6 Å². The summed E-state index contributed by atoms with van der Waals surface area (Å²) in [5, 5.41) is 24.4. The summed E-state index contributed by atoms with van der Waals surface area (Å²) in [6, 6.07) is 7.96. The Morgan fingerprint density at radius 3 is 2.65 bits per heavy atom. The number of carbonyl (C=O) groups excluding carboxylic acids is 1. The molecule has 8 nitrogen and oxygen atoms in total. The molecule has 9 heteroatoms. The predicted molar refractivity (Wildman–Crippen MR) is 99.6 cm³/mol. The molecule has 2 rings (SSSR count). The van der Waals surface area contributed by atoms with Crippen LogP contribution in [0.25, 0.3) is 0 Å². The molecule has 2 aromatic rings. The van der Waals surface area contributed by atoms with Gasteiger partial charge in [-0.05, 0) is 40.9 Å². The maximum atomic E-state index is 11.8. The lowest BCUT2D eigenvalue weighted by Gasteiger charge is -2.10. The number of non-ortho nitro benzene ring substituents is 1. The molecule has 0 radical (unpaired) electrons. The molecule has 0 bridgehead atoms. The van der Waals surface area contributed by atoms with Crippen molar-refractivity contribution in [3.05, 3.63) is 61.6 Å². The Morgan fingerprint density at radius 2 is 2.04 bits per heavy atom. The lowest BCUT2D eigenvalue weighted by Crippen LogP contribution is -2.25. The maximum Gasteiger partial charge on any atom is 0.277 e. The molecule has 2 N–H and O–H groups in total. The monoisotopic (exact) mass is 421 g/mol. The van der Waals surface area contributed by atoms with Crippen LogP contribution in [0.1, 0.15) is 16.7 Å². The van der Waals surface area contributed by atoms with Gasteiger partial charge in [-0.3, -0.25) is 14.9 Å². The zero-order valence-electron chi connectivity index (χ0n) is 14.0. The largest absolute Gasteiger partial charge is 0.506 e. The van der Waals surface area contributed by atoms with E-state index in [1.165, 1.54) is 6.07 Å². The number of para-hydroxylation sites is 1. The van der Waals surface area contributed by atoms with E-state index in [4.69, 9.17) is 4.74 Å². The van der Waals surface area contributed by atoms with Crippen molar-refractivity contribution in [3.8, 4) is 11.5 Å². The van der Waals surface area contributed by atoms with E-state index < -0.39 is 10.8 Å². The van der Waals surface area contributed by atoms with Gasteiger partial charge in [0.05, 0.1) is 15.6 Å². The number of phenols is 1. The Bertz CT molecular complexity index is 863. The first-order valence-electron chi connectivity index (χ1n) is 7.47. The molecule has 26 heavy (non-hydrogen) atoms. The number of hydrogen-bond acceptors (Lipinski definition) is 6. The average molecular weight is 422 g/mol. The normalized spacial score (nSPS) is 10.7. The first-order valence-corrected chi connectivity index (χ1v) is 8.26. The fourth-order valence-electron chi connectivity index (χ4n) is 2.18. The summed E-state index contributed by atoms with van der Waals surface area (Å²) in [6.45, 7) is 3.51. The van der Waals surface area contributed by atoms with Gasteiger partial charge >= 0.3 is 0 Å². The highest BCUT2D eigenvalue weighted by Crippen LogP contribution is 2.31. The van der Waals surface area contributed by atoms with Crippen molar-refractivity contribution in [2.45, 2.75) is 13.8 Å². The van der Waals surface area contributed by atoms with Crippen molar-refractivity contribution >= 4 is 33.7 Å². The number of aryl methyl sites for hydroxylation is 2. The third-order valence-corrected chi connectivity index (χ3v) is 4.04. The molecule has 0 atom stereocenters. The second-order valence-electron chi connectivity index (χ2n) is 5.43. The molecule has 0 aliphatic rings. The fourth-order valence-corrected chi connectivity index (χ4v) is 2.64. The smallest absolute Gasteiger partial charge is 0.277 e. The van der Waals surface area contributed by atoms with E-state index in [2.05, 4.69) is 26.5 Å². The molecule has 0 heterocycles. The van der Waals surface area contributed by atoms with Gasteiger partial charge in [0.1, 0.15) is 11.5 Å². The first kappa shape index (κ1) is 19.4. The van der Waals surface area contributed by atoms with E-state index in [0.717, 1.165) is 23.4 Å². The van der Waals surface area contributed by atoms with Crippen LogP contribution >= 0.6 is 15.9 Å². The number of phenolic OH excluding ortho intramolecular Hbond substituents is 1. The van der Waals surface area contributed by atoms with E-state index in [1.54, 1.807) is 0 Å². The van der Waals surface area contributed by atoms with Gasteiger partial charge in [-0.2, -0.15) is 5.10 Å². The highest BCUT2D eigenvalue weighted by molar-refractivity contribution is 9.10. The number of nitrogens with one attached hydrogen (secondary N) is 1. The number of aromatic hydroxyl groups is 1. The number of rotatable bonds is 6. The van der Waals surface area contributed by atoms with E-state index >= 15 is 0 Å².